The fraction of sp³-hybridized carbons (Fsp3) is 0.579. The molecule has 1 saturated heterocycles. The number of anilines is 1. The maximum atomic E-state index is 15.0. The monoisotopic (exact) mass is 360 g/mol. The fourth-order valence-electron chi connectivity index (χ4n) is 4.21. The van der Waals surface area contributed by atoms with Crippen molar-refractivity contribution in [3.05, 3.63) is 38.3 Å². The number of H-pyrrole nitrogens is 1. The van der Waals surface area contributed by atoms with Crippen molar-refractivity contribution in [1.29, 1.82) is 0 Å². The van der Waals surface area contributed by atoms with Gasteiger partial charge in [-0.3, -0.25) is 14.3 Å². The van der Waals surface area contributed by atoms with Gasteiger partial charge in [0.1, 0.15) is 5.82 Å². The smallest absolute Gasteiger partial charge is 0.329 e. The van der Waals surface area contributed by atoms with Crippen LogP contribution in [0.3, 0.4) is 0 Å². The molecule has 1 atom stereocenters. The van der Waals surface area contributed by atoms with Gasteiger partial charge in [-0.2, -0.15) is 0 Å². The minimum atomic E-state index is -0.530. The van der Waals surface area contributed by atoms with Gasteiger partial charge in [-0.15, -0.1) is 0 Å². The lowest BCUT2D eigenvalue weighted by Crippen LogP contribution is -2.42. The number of benzene rings is 1. The van der Waals surface area contributed by atoms with Gasteiger partial charge >= 0.3 is 5.69 Å². The van der Waals surface area contributed by atoms with Gasteiger partial charge in [0.25, 0.3) is 5.56 Å². The molecule has 2 aromatic rings. The van der Waals surface area contributed by atoms with Gasteiger partial charge in [-0.25, -0.2) is 9.18 Å². The summed E-state index contributed by atoms with van der Waals surface area (Å²) in [6.45, 7) is 7.18. The van der Waals surface area contributed by atoms with Crippen molar-refractivity contribution in [2.75, 3.05) is 18.0 Å². The fourth-order valence-corrected chi connectivity index (χ4v) is 4.21. The summed E-state index contributed by atoms with van der Waals surface area (Å²) in [6.07, 6.45) is 2.70. The average molecular weight is 360 g/mol. The van der Waals surface area contributed by atoms with Gasteiger partial charge in [0, 0.05) is 30.2 Å². The van der Waals surface area contributed by atoms with E-state index in [9.17, 15) is 14.0 Å². The van der Waals surface area contributed by atoms with Crippen molar-refractivity contribution < 1.29 is 4.39 Å². The van der Waals surface area contributed by atoms with Crippen LogP contribution in [0.15, 0.2) is 15.7 Å². The average Bonchev–Trinajstić information content (AvgIpc) is 3.24. The molecule has 2 heterocycles. The lowest BCUT2D eigenvalue weighted by Gasteiger charge is -2.28. The molecule has 1 aliphatic heterocycles. The third-order valence-corrected chi connectivity index (χ3v) is 5.86. The summed E-state index contributed by atoms with van der Waals surface area (Å²) in [5.41, 5.74) is 6.69. The van der Waals surface area contributed by atoms with Crippen LogP contribution in [-0.4, -0.2) is 28.2 Å². The zero-order chi connectivity index (χ0) is 18.8. The Kier molecular flexibility index (Phi) is 3.77. The first-order chi connectivity index (χ1) is 12.2. The third kappa shape index (κ3) is 2.65. The minimum Gasteiger partial charge on any atom is -0.369 e. The van der Waals surface area contributed by atoms with Gasteiger partial charge in [-0.1, -0.05) is 0 Å². The second-order valence-corrected chi connectivity index (χ2v) is 8.34. The Morgan fingerprint density at radius 3 is 2.54 bits per heavy atom. The molecule has 1 saturated carbocycles. The van der Waals surface area contributed by atoms with Crippen molar-refractivity contribution >= 4 is 16.6 Å². The number of nitrogens with zero attached hydrogens (tertiary/aromatic N) is 2. The zero-order valence-electron chi connectivity index (χ0n) is 15.4. The van der Waals surface area contributed by atoms with Crippen molar-refractivity contribution in [1.82, 2.24) is 9.55 Å². The molecule has 2 fully saturated rings. The van der Waals surface area contributed by atoms with Crippen LogP contribution in [0.5, 0.6) is 0 Å². The van der Waals surface area contributed by atoms with Crippen LogP contribution in [0.25, 0.3) is 10.9 Å². The highest BCUT2D eigenvalue weighted by Crippen LogP contribution is 2.39. The quantitative estimate of drug-likeness (QED) is 0.877. The van der Waals surface area contributed by atoms with E-state index in [0.29, 0.717) is 29.9 Å². The Balaban J connectivity index is 1.91. The number of aromatic amines is 1. The molecule has 0 radical (unpaired) electrons. The Bertz CT molecular complexity index is 998. The van der Waals surface area contributed by atoms with E-state index in [1.54, 1.807) is 11.5 Å². The van der Waals surface area contributed by atoms with Crippen LogP contribution in [0.1, 0.15) is 44.7 Å². The van der Waals surface area contributed by atoms with E-state index in [2.05, 4.69) is 4.98 Å². The number of nitrogens with two attached hydrogens (primary N) is 1. The topological polar surface area (TPSA) is 84.1 Å². The number of aromatic nitrogens is 2. The predicted molar refractivity (Wildman–Crippen MR) is 100 cm³/mol. The molecule has 7 heteroatoms. The second-order valence-electron chi connectivity index (χ2n) is 8.34. The Morgan fingerprint density at radius 2 is 1.96 bits per heavy atom. The summed E-state index contributed by atoms with van der Waals surface area (Å²) in [5.74, 6) is -0.154. The van der Waals surface area contributed by atoms with Gasteiger partial charge in [0.05, 0.1) is 16.6 Å². The largest absolute Gasteiger partial charge is 0.369 e. The molecule has 26 heavy (non-hydrogen) atoms. The molecule has 6 nitrogen and oxygen atoms in total. The molecule has 0 amide bonds. The first-order valence-electron chi connectivity index (χ1n) is 9.20. The highest BCUT2D eigenvalue weighted by molar-refractivity contribution is 5.87. The molecule has 3 N–H and O–H groups in total. The first kappa shape index (κ1) is 17.3. The van der Waals surface area contributed by atoms with Gasteiger partial charge < -0.3 is 10.6 Å². The summed E-state index contributed by atoms with van der Waals surface area (Å²) >= 11 is 0. The lowest BCUT2D eigenvalue weighted by atomic mass is 9.88. The van der Waals surface area contributed by atoms with E-state index in [1.165, 1.54) is 6.07 Å². The van der Waals surface area contributed by atoms with Crippen LogP contribution >= 0.6 is 0 Å². The van der Waals surface area contributed by atoms with Gasteiger partial charge in [0.15, 0.2) is 0 Å². The summed E-state index contributed by atoms with van der Waals surface area (Å²) in [5, 5.41) is 0.241. The number of hydrogen-bond donors (Lipinski definition) is 2. The molecular formula is C19H25FN4O2. The lowest BCUT2D eigenvalue weighted by molar-refractivity contribution is 0.348. The normalized spacial score (nSPS) is 21.0. The number of nitrogens with one attached hydrogen (secondary N) is 1. The number of fused-ring (bicyclic) bond motifs is 1. The standard InChI is InChI=1S/C19H25FN4O2/c1-10-15-13(17(25)22-18(26)24(15)12-4-5-12)8-14(20)16(10)23-7-6-11(9-23)19(2,3)21/h8,11-12H,4-7,9,21H2,1-3H3,(H,22,25,26)/t11-/m0/s1. The Hall–Kier alpha value is -2.15. The van der Waals surface area contributed by atoms with E-state index < -0.39 is 17.1 Å². The molecule has 0 bridgehead atoms. The Labute approximate surface area is 150 Å². The van der Waals surface area contributed by atoms with Crippen molar-refractivity contribution in [3.8, 4) is 0 Å². The highest BCUT2D eigenvalue weighted by atomic mass is 19.1. The zero-order valence-corrected chi connectivity index (χ0v) is 15.4. The van der Waals surface area contributed by atoms with E-state index in [-0.39, 0.29) is 22.9 Å². The van der Waals surface area contributed by atoms with Crippen molar-refractivity contribution in [3.63, 3.8) is 0 Å². The molecule has 0 unspecified atom stereocenters. The van der Waals surface area contributed by atoms with Crippen molar-refractivity contribution in [2.45, 2.75) is 51.6 Å². The molecule has 0 spiro atoms. The summed E-state index contributed by atoms with van der Waals surface area (Å²) in [6, 6.07) is 1.36. The minimum absolute atomic E-state index is 0.0909. The van der Waals surface area contributed by atoms with Crippen LogP contribution in [0.4, 0.5) is 10.1 Å². The Morgan fingerprint density at radius 1 is 1.27 bits per heavy atom. The maximum Gasteiger partial charge on any atom is 0.329 e. The SMILES string of the molecule is Cc1c(N2CC[C@H](C(C)(C)N)C2)c(F)cc2c(=O)[nH]c(=O)n(C3CC3)c12. The number of halogens is 1. The maximum absolute atomic E-state index is 15.0. The molecule has 1 aliphatic carbocycles. The van der Waals surface area contributed by atoms with Crippen LogP contribution in [0.2, 0.25) is 0 Å². The molecule has 2 aliphatic rings. The van der Waals surface area contributed by atoms with Crippen molar-refractivity contribution in [2.24, 2.45) is 11.7 Å². The van der Waals surface area contributed by atoms with Crippen LogP contribution < -0.4 is 21.9 Å². The number of rotatable bonds is 3. The number of hydrogen-bond acceptors (Lipinski definition) is 4. The predicted octanol–water partition coefficient (Wildman–Crippen LogP) is 2.04. The molecule has 1 aromatic carbocycles. The molecule has 4 rings (SSSR count). The van der Waals surface area contributed by atoms with Crippen LogP contribution in [-0.2, 0) is 0 Å². The molecule has 140 valence electrons. The summed E-state index contributed by atoms with van der Waals surface area (Å²) in [7, 11) is 0. The second kappa shape index (κ2) is 5.67. The first-order valence-corrected chi connectivity index (χ1v) is 9.20. The van der Waals surface area contributed by atoms with E-state index in [4.69, 9.17) is 5.73 Å². The van der Waals surface area contributed by atoms with Gasteiger partial charge in [0.2, 0.25) is 0 Å². The molecule has 1 aromatic heterocycles. The summed E-state index contributed by atoms with van der Waals surface area (Å²) in [4.78, 5) is 29.0. The van der Waals surface area contributed by atoms with E-state index in [1.807, 2.05) is 18.7 Å². The number of aryl methyl sites for hydroxylation is 1. The third-order valence-electron chi connectivity index (χ3n) is 5.86. The molecular weight excluding hydrogens is 335 g/mol. The van der Waals surface area contributed by atoms with Crippen LogP contribution in [0, 0.1) is 18.7 Å². The van der Waals surface area contributed by atoms with E-state index >= 15 is 0 Å². The van der Waals surface area contributed by atoms with E-state index in [0.717, 1.165) is 19.3 Å². The van der Waals surface area contributed by atoms with Gasteiger partial charge in [-0.05, 0) is 52.0 Å². The highest BCUT2D eigenvalue weighted by Gasteiger charge is 2.35. The summed E-state index contributed by atoms with van der Waals surface area (Å²) < 4.78 is 16.6.